The fourth-order valence-corrected chi connectivity index (χ4v) is 5.42. The fraction of sp³-hybridized carbons (Fsp3) is 0.417. The maximum Gasteiger partial charge on any atom is 0.500 e. The molecule has 0 unspecified atom stereocenters. The van der Waals surface area contributed by atoms with Crippen molar-refractivity contribution >= 4 is 21.0 Å². The second-order valence-corrected chi connectivity index (χ2v) is 9.30. The molecule has 0 saturated carbocycles. The van der Waals surface area contributed by atoms with Crippen molar-refractivity contribution in [2.45, 2.75) is 33.2 Å². The van der Waals surface area contributed by atoms with E-state index < -0.39 is 14.8 Å². The van der Waals surface area contributed by atoms with Crippen LogP contribution in [0.2, 0.25) is 6.04 Å². The lowest BCUT2D eigenvalue weighted by atomic mass is 10.1. The molecule has 176 valence electrons. The molecular formula is C24H35NO6Si. The molecule has 0 aliphatic rings. The molecular weight excluding hydrogens is 426 g/mol. The van der Waals surface area contributed by atoms with Crippen LogP contribution in [0, 0.1) is 0 Å². The molecule has 0 aliphatic carbocycles. The second kappa shape index (κ2) is 16.2. The molecule has 0 atom stereocenters. The van der Waals surface area contributed by atoms with Crippen LogP contribution in [0.3, 0.4) is 0 Å². The Morgan fingerprint density at radius 3 is 1.94 bits per heavy atom. The van der Waals surface area contributed by atoms with Crippen molar-refractivity contribution in [3.8, 4) is 5.75 Å². The average Bonchev–Trinajstić information content (AvgIpc) is 2.80. The average molecular weight is 462 g/mol. The van der Waals surface area contributed by atoms with Crippen molar-refractivity contribution < 1.29 is 27.9 Å². The molecule has 0 bridgehead atoms. The lowest BCUT2D eigenvalue weighted by Gasteiger charge is -2.28. The molecule has 0 spiro atoms. The fourth-order valence-electron chi connectivity index (χ4n) is 2.83. The number of aromatic carboxylic acids is 1. The summed E-state index contributed by atoms with van der Waals surface area (Å²) in [6.45, 7) is 8.20. The first-order chi connectivity index (χ1) is 15.5. The first-order valence-corrected chi connectivity index (χ1v) is 12.8. The van der Waals surface area contributed by atoms with Gasteiger partial charge in [-0.3, -0.25) is 4.99 Å². The summed E-state index contributed by atoms with van der Waals surface area (Å²) in [5, 5.41) is 8.86. The SMILES string of the molecule is CCO[Si](CCCN=Cc1ccc(C(=O)O)cc1)(OCC)OCC.COc1ccccc1. The van der Waals surface area contributed by atoms with Crippen molar-refractivity contribution in [3.05, 3.63) is 65.7 Å². The zero-order valence-corrected chi connectivity index (χ0v) is 20.5. The number of nitrogens with zero attached hydrogens (tertiary/aromatic N) is 1. The number of carboxylic acids is 1. The van der Waals surface area contributed by atoms with E-state index in [9.17, 15) is 4.79 Å². The van der Waals surface area contributed by atoms with Crippen LogP contribution < -0.4 is 4.74 Å². The number of hydrogen-bond donors (Lipinski definition) is 1. The molecule has 2 aromatic carbocycles. The summed E-state index contributed by atoms with van der Waals surface area (Å²) >= 11 is 0. The minimum Gasteiger partial charge on any atom is -0.497 e. The Balaban J connectivity index is 0.000000533. The van der Waals surface area contributed by atoms with Crippen LogP contribution in [0.4, 0.5) is 0 Å². The van der Waals surface area contributed by atoms with Gasteiger partial charge in [0.15, 0.2) is 0 Å². The molecule has 0 saturated heterocycles. The van der Waals surface area contributed by atoms with E-state index in [2.05, 4.69) is 4.99 Å². The normalized spacial score (nSPS) is 11.1. The van der Waals surface area contributed by atoms with Gasteiger partial charge in [0.2, 0.25) is 0 Å². The highest BCUT2D eigenvalue weighted by atomic mass is 28.4. The molecule has 2 aromatic rings. The summed E-state index contributed by atoms with van der Waals surface area (Å²) in [5.41, 5.74) is 1.15. The van der Waals surface area contributed by atoms with Gasteiger partial charge in [0.1, 0.15) is 5.75 Å². The van der Waals surface area contributed by atoms with Gasteiger partial charge in [-0.15, -0.1) is 0 Å². The van der Waals surface area contributed by atoms with Crippen molar-refractivity contribution in [1.82, 2.24) is 0 Å². The predicted octanol–water partition coefficient (Wildman–Crippen LogP) is 4.94. The third-order valence-corrected chi connectivity index (χ3v) is 7.39. The van der Waals surface area contributed by atoms with E-state index >= 15 is 0 Å². The van der Waals surface area contributed by atoms with Gasteiger partial charge in [0, 0.05) is 38.6 Å². The van der Waals surface area contributed by atoms with Crippen LogP contribution >= 0.6 is 0 Å². The summed E-state index contributed by atoms with van der Waals surface area (Å²) in [4.78, 5) is 15.2. The van der Waals surface area contributed by atoms with Crippen LogP contribution in [-0.2, 0) is 13.3 Å². The van der Waals surface area contributed by atoms with Crippen LogP contribution in [0.25, 0.3) is 0 Å². The van der Waals surface area contributed by atoms with Crippen molar-refractivity contribution in [3.63, 3.8) is 0 Å². The third-order valence-electron chi connectivity index (χ3n) is 4.24. The van der Waals surface area contributed by atoms with Gasteiger partial charge in [0.05, 0.1) is 12.7 Å². The highest BCUT2D eigenvalue weighted by Gasteiger charge is 2.39. The van der Waals surface area contributed by atoms with Gasteiger partial charge >= 0.3 is 14.8 Å². The van der Waals surface area contributed by atoms with Gasteiger partial charge in [0.25, 0.3) is 0 Å². The second-order valence-electron chi connectivity index (χ2n) is 6.57. The quantitative estimate of drug-likeness (QED) is 0.258. The van der Waals surface area contributed by atoms with E-state index in [-0.39, 0.29) is 5.56 Å². The number of methoxy groups -OCH3 is 1. The molecule has 0 fully saturated rings. The van der Waals surface area contributed by atoms with E-state index in [0.29, 0.717) is 26.4 Å². The number of hydrogen-bond acceptors (Lipinski definition) is 6. The molecule has 1 N–H and O–H groups in total. The van der Waals surface area contributed by atoms with Gasteiger partial charge < -0.3 is 23.1 Å². The minimum absolute atomic E-state index is 0.271. The number of para-hydroxylation sites is 1. The first-order valence-electron chi connectivity index (χ1n) is 10.8. The Hall–Kier alpha value is -2.52. The Labute approximate surface area is 192 Å². The van der Waals surface area contributed by atoms with Crippen molar-refractivity contribution in [2.24, 2.45) is 4.99 Å². The van der Waals surface area contributed by atoms with E-state index in [1.807, 2.05) is 51.1 Å². The minimum atomic E-state index is -2.58. The van der Waals surface area contributed by atoms with Crippen LogP contribution in [0.15, 0.2) is 59.6 Å². The van der Waals surface area contributed by atoms with E-state index in [4.69, 9.17) is 23.1 Å². The Bertz CT molecular complexity index is 766. The van der Waals surface area contributed by atoms with E-state index in [1.165, 1.54) is 0 Å². The predicted molar refractivity (Wildman–Crippen MR) is 129 cm³/mol. The molecule has 7 nitrogen and oxygen atoms in total. The van der Waals surface area contributed by atoms with Crippen molar-refractivity contribution in [2.75, 3.05) is 33.5 Å². The van der Waals surface area contributed by atoms with Gasteiger partial charge in [-0.25, -0.2) is 4.79 Å². The number of benzene rings is 2. The highest BCUT2D eigenvalue weighted by Crippen LogP contribution is 2.18. The lowest BCUT2D eigenvalue weighted by Crippen LogP contribution is -2.46. The molecule has 32 heavy (non-hydrogen) atoms. The third kappa shape index (κ3) is 10.7. The van der Waals surface area contributed by atoms with Crippen LogP contribution in [-0.4, -0.2) is 59.6 Å². The summed E-state index contributed by atoms with van der Waals surface area (Å²) in [6.07, 6.45) is 2.56. The van der Waals surface area contributed by atoms with Gasteiger partial charge in [-0.05, 0) is 57.0 Å². The number of aliphatic imine (C=N–C) groups is 1. The Morgan fingerprint density at radius 1 is 0.938 bits per heavy atom. The number of rotatable bonds is 13. The van der Waals surface area contributed by atoms with Crippen LogP contribution in [0.1, 0.15) is 43.1 Å². The topological polar surface area (TPSA) is 86.6 Å². The van der Waals surface area contributed by atoms with Gasteiger partial charge in [-0.1, -0.05) is 30.3 Å². The van der Waals surface area contributed by atoms with Gasteiger partial charge in [-0.2, -0.15) is 0 Å². The standard InChI is InChI=1S/C17H27NO5Si.C7H8O/c1-4-21-24(22-5-2,23-6-3)13-7-12-18-14-15-8-10-16(11-9-15)17(19)20;1-8-7-5-3-2-4-6-7/h8-11,14H,4-7,12-13H2,1-3H3,(H,19,20);2-6H,1H3. The zero-order chi connectivity index (χ0) is 23.7. The summed E-state index contributed by atoms with van der Waals surface area (Å²) in [7, 11) is -0.922. The Kier molecular flexibility index (Phi) is 13.9. The lowest BCUT2D eigenvalue weighted by molar-refractivity contribution is 0.0692. The zero-order valence-electron chi connectivity index (χ0n) is 19.5. The molecule has 0 radical (unpaired) electrons. The molecule has 0 amide bonds. The maximum atomic E-state index is 10.8. The number of ether oxygens (including phenoxy) is 1. The molecule has 0 heterocycles. The Morgan fingerprint density at radius 2 is 1.50 bits per heavy atom. The number of carboxylic acid groups (broad SMARTS) is 1. The maximum absolute atomic E-state index is 10.8. The molecule has 0 aliphatic heterocycles. The van der Waals surface area contributed by atoms with E-state index in [0.717, 1.165) is 23.8 Å². The largest absolute Gasteiger partial charge is 0.500 e. The number of carbonyl (C=O) groups is 1. The highest BCUT2D eigenvalue weighted by molar-refractivity contribution is 6.60. The smallest absolute Gasteiger partial charge is 0.497 e. The van der Waals surface area contributed by atoms with Crippen molar-refractivity contribution in [1.29, 1.82) is 0 Å². The molecule has 2 rings (SSSR count). The first kappa shape index (κ1) is 27.5. The summed E-state index contributed by atoms with van der Waals surface area (Å²) in [6, 6.07) is 17.0. The molecule has 8 heteroatoms. The molecule has 0 aromatic heterocycles. The summed E-state index contributed by atoms with van der Waals surface area (Å²) in [5.74, 6) is -0.0185. The monoisotopic (exact) mass is 461 g/mol. The van der Waals surface area contributed by atoms with E-state index in [1.54, 1.807) is 37.6 Å². The summed E-state index contributed by atoms with van der Waals surface area (Å²) < 4.78 is 22.3. The van der Waals surface area contributed by atoms with Crippen LogP contribution in [0.5, 0.6) is 5.75 Å².